The lowest BCUT2D eigenvalue weighted by Gasteiger charge is -2.32. The second-order valence-corrected chi connectivity index (χ2v) is 5.27. The molecule has 0 aliphatic carbocycles. The van der Waals surface area contributed by atoms with Gasteiger partial charge in [0, 0.05) is 20.0 Å². The fourth-order valence-corrected chi connectivity index (χ4v) is 2.20. The molecule has 1 saturated heterocycles. The molecule has 0 saturated carbocycles. The first-order chi connectivity index (χ1) is 9.58. The van der Waals surface area contributed by atoms with Gasteiger partial charge in [0.25, 0.3) is 0 Å². The van der Waals surface area contributed by atoms with E-state index in [2.05, 4.69) is 15.5 Å². The molecular formula is C13H22N4O3. The highest BCUT2D eigenvalue weighted by Gasteiger charge is 2.28. The van der Waals surface area contributed by atoms with Gasteiger partial charge in [0.2, 0.25) is 11.8 Å². The van der Waals surface area contributed by atoms with Gasteiger partial charge in [0.1, 0.15) is 0 Å². The Morgan fingerprint density at radius 1 is 1.40 bits per heavy atom. The molecule has 2 heterocycles. The number of rotatable bonds is 5. The lowest BCUT2D eigenvalue weighted by molar-refractivity contribution is -0.138. The van der Waals surface area contributed by atoms with Crippen LogP contribution in [0.1, 0.15) is 25.6 Å². The summed E-state index contributed by atoms with van der Waals surface area (Å²) in [6.07, 6.45) is 0. The first-order valence-corrected chi connectivity index (χ1v) is 6.97. The van der Waals surface area contributed by atoms with E-state index in [1.54, 1.807) is 6.92 Å². The zero-order valence-electron chi connectivity index (χ0n) is 12.3. The summed E-state index contributed by atoms with van der Waals surface area (Å²) in [7, 11) is 0. The molecule has 0 unspecified atom stereocenters. The number of nitrogens with zero attached hydrogens (tertiary/aromatic N) is 3. The second kappa shape index (κ2) is 6.81. The lowest BCUT2D eigenvalue weighted by atomic mass is 10.0. The van der Waals surface area contributed by atoms with Gasteiger partial charge in [-0.05, 0) is 5.92 Å². The predicted octanol–water partition coefficient (Wildman–Crippen LogP) is 0.351. The number of aromatic nitrogens is 2. The SMILES string of the molecule is Cc1nc(CN[C@H](C(=O)N2CCOCC2)C(C)C)no1. The van der Waals surface area contributed by atoms with Crippen LogP contribution in [0, 0.1) is 12.8 Å². The summed E-state index contributed by atoms with van der Waals surface area (Å²) in [4.78, 5) is 18.5. The first kappa shape index (κ1) is 14.9. The third-order valence-electron chi connectivity index (χ3n) is 3.31. The number of hydrogen-bond acceptors (Lipinski definition) is 6. The molecule has 1 aromatic heterocycles. The zero-order chi connectivity index (χ0) is 14.5. The molecule has 1 aliphatic heterocycles. The third kappa shape index (κ3) is 3.77. The molecule has 1 fully saturated rings. The average Bonchev–Trinajstić information content (AvgIpc) is 2.85. The second-order valence-electron chi connectivity index (χ2n) is 5.27. The van der Waals surface area contributed by atoms with Crippen molar-refractivity contribution in [2.24, 2.45) is 5.92 Å². The van der Waals surface area contributed by atoms with Crippen molar-refractivity contribution in [2.45, 2.75) is 33.4 Å². The normalized spacial score (nSPS) is 17.5. The van der Waals surface area contributed by atoms with Crippen molar-refractivity contribution in [1.82, 2.24) is 20.4 Å². The standard InChI is InChI=1S/C13H22N4O3/c1-9(2)12(13(18)17-4-6-19-7-5-17)14-8-11-15-10(3)20-16-11/h9,12,14H,4-8H2,1-3H3/t12-/m0/s1. The van der Waals surface area contributed by atoms with Crippen LogP contribution in [0.25, 0.3) is 0 Å². The maximum Gasteiger partial charge on any atom is 0.240 e. The van der Waals surface area contributed by atoms with E-state index in [1.165, 1.54) is 0 Å². The van der Waals surface area contributed by atoms with Crippen molar-refractivity contribution in [3.63, 3.8) is 0 Å². The van der Waals surface area contributed by atoms with Crippen molar-refractivity contribution >= 4 is 5.91 Å². The Bertz CT molecular complexity index is 441. The van der Waals surface area contributed by atoms with E-state index in [0.29, 0.717) is 44.6 Å². The summed E-state index contributed by atoms with van der Waals surface area (Å²) in [5.74, 6) is 1.41. The molecule has 1 amide bonds. The topological polar surface area (TPSA) is 80.5 Å². The summed E-state index contributed by atoms with van der Waals surface area (Å²) in [5.41, 5.74) is 0. The highest BCUT2D eigenvalue weighted by Crippen LogP contribution is 2.09. The number of amides is 1. The van der Waals surface area contributed by atoms with Crippen LogP contribution in [0.2, 0.25) is 0 Å². The molecule has 0 bridgehead atoms. The molecule has 1 atom stereocenters. The Labute approximate surface area is 118 Å². The molecular weight excluding hydrogens is 260 g/mol. The Balaban J connectivity index is 1.93. The summed E-state index contributed by atoms with van der Waals surface area (Å²) >= 11 is 0. The number of morpholine rings is 1. The minimum Gasteiger partial charge on any atom is -0.378 e. The molecule has 1 aromatic rings. The minimum absolute atomic E-state index is 0.114. The number of carbonyl (C=O) groups excluding carboxylic acids is 1. The maximum atomic E-state index is 12.5. The van der Waals surface area contributed by atoms with Crippen LogP contribution in [0.3, 0.4) is 0 Å². The van der Waals surface area contributed by atoms with Crippen LogP contribution in [-0.4, -0.2) is 53.3 Å². The molecule has 7 heteroatoms. The molecule has 1 N–H and O–H groups in total. The van der Waals surface area contributed by atoms with Crippen molar-refractivity contribution in [2.75, 3.05) is 26.3 Å². The first-order valence-electron chi connectivity index (χ1n) is 6.97. The van der Waals surface area contributed by atoms with Crippen molar-refractivity contribution < 1.29 is 14.1 Å². The monoisotopic (exact) mass is 282 g/mol. The number of ether oxygens (including phenoxy) is 1. The third-order valence-corrected chi connectivity index (χ3v) is 3.31. The van der Waals surface area contributed by atoms with Gasteiger partial charge in [-0.2, -0.15) is 4.98 Å². The van der Waals surface area contributed by atoms with E-state index in [9.17, 15) is 4.79 Å². The molecule has 0 spiro atoms. The quantitative estimate of drug-likeness (QED) is 0.839. The molecule has 2 rings (SSSR count). The Kier molecular flexibility index (Phi) is 5.08. The Hall–Kier alpha value is -1.47. The van der Waals surface area contributed by atoms with E-state index in [1.807, 2.05) is 18.7 Å². The van der Waals surface area contributed by atoms with Crippen LogP contribution < -0.4 is 5.32 Å². The molecule has 20 heavy (non-hydrogen) atoms. The van der Waals surface area contributed by atoms with Crippen molar-refractivity contribution in [3.8, 4) is 0 Å². The summed E-state index contributed by atoms with van der Waals surface area (Å²) in [6, 6.07) is -0.244. The van der Waals surface area contributed by atoms with E-state index in [4.69, 9.17) is 9.26 Å². The van der Waals surface area contributed by atoms with Gasteiger partial charge in [-0.25, -0.2) is 0 Å². The van der Waals surface area contributed by atoms with Crippen molar-refractivity contribution in [3.05, 3.63) is 11.7 Å². The summed E-state index contributed by atoms with van der Waals surface area (Å²) in [6.45, 7) is 8.76. The van der Waals surface area contributed by atoms with Gasteiger partial charge >= 0.3 is 0 Å². The van der Waals surface area contributed by atoms with E-state index < -0.39 is 0 Å². The number of hydrogen-bond donors (Lipinski definition) is 1. The molecule has 0 aromatic carbocycles. The van der Waals surface area contributed by atoms with Crippen LogP contribution in [0.5, 0.6) is 0 Å². The van der Waals surface area contributed by atoms with E-state index in [-0.39, 0.29) is 17.9 Å². The Morgan fingerprint density at radius 2 is 2.10 bits per heavy atom. The summed E-state index contributed by atoms with van der Waals surface area (Å²) < 4.78 is 10.2. The molecule has 7 nitrogen and oxygen atoms in total. The zero-order valence-corrected chi connectivity index (χ0v) is 12.3. The average molecular weight is 282 g/mol. The Morgan fingerprint density at radius 3 is 2.65 bits per heavy atom. The fourth-order valence-electron chi connectivity index (χ4n) is 2.20. The largest absolute Gasteiger partial charge is 0.378 e. The lowest BCUT2D eigenvalue weighted by Crippen LogP contribution is -2.52. The van der Waals surface area contributed by atoms with E-state index in [0.717, 1.165) is 0 Å². The van der Waals surface area contributed by atoms with Crippen LogP contribution in [0.15, 0.2) is 4.52 Å². The molecule has 1 aliphatic rings. The van der Waals surface area contributed by atoms with Crippen molar-refractivity contribution in [1.29, 1.82) is 0 Å². The van der Waals surface area contributed by atoms with Crippen LogP contribution >= 0.6 is 0 Å². The van der Waals surface area contributed by atoms with Gasteiger partial charge in [-0.1, -0.05) is 19.0 Å². The van der Waals surface area contributed by atoms with Gasteiger partial charge in [0.15, 0.2) is 5.82 Å². The smallest absolute Gasteiger partial charge is 0.240 e. The number of aryl methyl sites for hydroxylation is 1. The molecule has 0 radical (unpaired) electrons. The highest BCUT2D eigenvalue weighted by molar-refractivity contribution is 5.82. The summed E-state index contributed by atoms with van der Waals surface area (Å²) in [5, 5.41) is 7.05. The minimum atomic E-state index is -0.244. The van der Waals surface area contributed by atoms with Gasteiger partial charge in [-0.15, -0.1) is 0 Å². The van der Waals surface area contributed by atoms with E-state index >= 15 is 0 Å². The number of nitrogens with one attached hydrogen (secondary N) is 1. The predicted molar refractivity (Wildman–Crippen MR) is 71.9 cm³/mol. The van der Waals surface area contributed by atoms with Crippen LogP contribution in [-0.2, 0) is 16.1 Å². The van der Waals surface area contributed by atoms with Gasteiger partial charge in [0.05, 0.1) is 25.8 Å². The highest BCUT2D eigenvalue weighted by atomic mass is 16.5. The van der Waals surface area contributed by atoms with Crippen LogP contribution in [0.4, 0.5) is 0 Å². The van der Waals surface area contributed by atoms with Gasteiger partial charge < -0.3 is 14.2 Å². The number of carbonyl (C=O) groups is 1. The van der Waals surface area contributed by atoms with Gasteiger partial charge in [-0.3, -0.25) is 10.1 Å². The fraction of sp³-hybridized carbons (Fsp3) is 0.769. The maximum absolute atomic E-state index is 12.5. The molecule has 112 valence electrons.